The molecule has 1 rings (SSSR count). The molecule has 1 N–H and O–H groups in total. The van der Waals surface area contributed by atoms with Crippen molar-refractivity contribution in [3.63, 3.8) is 0 Å². The smallest absolute Gasteiger partial charge is 0.0971 e. The Balaban J connectivity index is 2.78. The first-order valence-electron chi connectivity index (χ1n) is 5.08. The summed E-state index contributed by atoms with van der Waals surface area (Å²) in [6, 6.07) is 0. The van der Waals surface area contributed by atoms with Crippen LogP contribution < -0.4 is 0 Å². The summed E-state index contributed by atoms with van der Waals surface area (Å²) in [4.78, 5) is 0. The third-order valence-electron chi connectivity index (χ3n) is 2.22. The maximum atomic E-state index is 9.88. The van der Waals surface area contributed by atoms with Crippen LogP contribution in [0.3, 0.4) is 0 Å². The zero-order valence-corrected chi connectivity index (χ0v) is 9.87. The lowest BCUT2D eigenvalue weighted by atomic mass is 10.1. The van der Waals surface area contributed by atoms with E-state index in [0.29, 0.717) is 30.3 Å². The fourth-order valence-electron chi connectivity index (χ4n) is 1.47. The normalized spacial score (nSPS) is 13.1. The molecule has 0 saturated heterocycles. The van der Waals surface area contributed by atoms with E-state index in [-0.39, 0.29) is 0 Å². The minimum atomic E-state index is -0.540. The molecule has 0 amide bonds. The Kier molecular flexibility index (Phi) is 5.08. The SMILES string of the molecule is CCCC(O)c1c(Cl)cnn1CCOC. The number of aromatic nitrogens is 2. The molecule has 1 unspecified atom stereocenters. The van der Waals surface area contributed by atoms with Crippen molar-refractivity contribution in [2.75, 3.05) is 13.7 Å². The largest absolute Gasteiger partial charge is 0.387 e. The number of ether oxygens (including phenoxy) is 1. The zero-order valence-electron chi connectivity index (χ0n) is 9.11. The van der Waals surface area contributed by atoms with Crippen LogP contribution in [0.2, 0.25) is 5.02 Å². The van der Waals surface area contributed by atoms with E-state index in [9.17, 15) is 5.11 Å². The van der Waals surface area contributed by atoms with Crippen molar-refractivity contribution in [2.45, 2.75) is 32.4 Å². The minimum Gasteiger partial charge on any atom is -0.387 e. The summed E-state index contributed by atoms with van der Waals surface area (Å²) in [7, 11) is 1.63. The van der Waals surface area contributed by atoms with Gasteiger partial charge in [0.1, 0.15) is 0 Å². The molecule has 1 aromatic heterocycles. The van der Waals surface area contributed by atoms with Crippen LogP contribution in [-0.2, 0) is 11.3 Å². The topological polar surface area (TPSA) is 47.3 Å². The fraction of sp³-hybridized carbons (Fsp3) is 0.700. The minimum absolute atomic E-state index is 0.520. The molecule has 0 aromatic carbocycles. The van der Waals surface area contributed by atoms with Crippen molar-refractivity contribution in [1.29, 1.82) is 0 Å². The highest BCUT2D eigenvalue weighted by molar-refractivity contribution is 6.31. The Morgan fingerprint density at radius 1 is 1.67 bits per heavy atom. The predicted molar refractivity (Wildman–Crippen MR) is 59.0 cm³/mol. The van der Waals surface area contributed by atoms with E-state index < -0.39 is 6.10 Å². The number of aliphatic hydroxyl groups excluding tert-OH is 1. The van der Waals surface area contributed by atoms with Crippen LogP contribution in [0.15, 0.2) is 6.20 Å². The molecule has 4 nitrogen and oxygen atoms in total. The molecule has 15 heavy (non-hydrogen) atoms. The van der Waals surface area contributed by atoms with Crippen molar-refractivity contribution in [1.82, 2.24) is 9.78 Å². The second-order valence-electron chi connectivity index (χ2n) is 3.40. The van der Waals surface area contributed by atoms with Gasteiger partial charge in [0.05, 0.1) is 36.2 Å². The van der Waals surface area contributed by atoms with Gasteiger partial charge in [-0.2, -0.15) is 5.10 Å². The van der Waals surface area contributed by atoms with Crippen LogP contribution in [-0.4, -0.2) is 28.6 Å². The number of rotatable bonds is 6. The Labute approximate surface area is 94.8 Å². The van der Waals surface area contributed by atoms with Crippen LogP contribution >= 0.6 is 11.6 Å². The third kappa shape index (κ3) is 3.19. The van der Waals surface area contributed by atoms with Crippen molar-refractivity contribution in [3.8, 4) is 0 Å². The maximum Gasteiger partial charge on any atom is 0.0971 e. The van der Waals surface area contributed by atoms with Crippen molar-refractivity contribution < 1.29 is 9.84 Å². The first-order chi connectivity index (χ1) is 7.20. The van der Waals surface area contributed by atoms with E-state index in [1.165, 1.54) is 0 Å². The zero-order chi connectivity index (χ0) is 11.3. The van der Waals surface area contributed by atoms with Crippen LogP contribution in [0.4, 0.5) is 0 Å². The van der Waals surface area contributed by atoms with E-state index in [4.69, 9.17) is 16.3 Å². The molecule has 0 spiro atoms. The lowest BCUT2D eigenvalue weighted by Crippen LogP contribution is -2.12. The van der Waals surface area contributed by atoms with Gasteiger partial charge in [-0.1, -0.05) is 24.9 Å². The van der Waals surface area contributed by atoms with Gasteiger partial charge in [0.2, 0.25) is 0 Å². The van der Waals surface area contributed by atoms with E-state index in [0.717, 1.165) is 6.42 Å². The standard InChI is InChI=1S/C10H17ClN2O2/c1-3-4-9(14)10-8(11)7-12-13(10)5-6-15-2/h7,9,14H,3-6H2,1-2H3. The van der Waals surface area contributed by atoms with Crippen LogP contribution in [0, 0.1) is 0 Å². The highest BCUT2D eigenvalue weighted by atomic mass is 35.5. The average molecular weight is 233 g/mol. The molecule has 5 heteroatoms. The summed E-state index contributed by atoms with van der Waals surface area (Å²) in [5, 5.41) is 14.5. The van der Waals surface area contributed by atoms with Crippen LogP contribution in [0.25, 0.3) is 0 Å². The Morgan fingerprint density at radius 3 is 3.00 bits per heavy atom. The number of hydrogen-bond acceptors (Lipinski definition) is 3. The van der Waals surface area contributed by atoms with E-state index in [2.05, 4.69) is 5.10 Å². The quantitative estimate of drug-likeness (QED) is 0.816. The van der Waals surface area contributed by atoms with Crippen LogP contribution in [0.5, 0.6) is 0 Å². The summed E-state index contributed by atoms with van der Waals surface area (Å²) in [6.07, 6.45) is 2.62. The molecule has 0 bridgehead atoms. The summed E-state index contributed by atoms with van der Waals surface area (Å²) >= 11 is 5.97. The Hall–Kier alpha value is -0.580. The maximum absolute atomic E-state index is 9.88. The molecule has 0 aliphatic carbocycles. The monoisotopic (exact) mass is 232 g/mol. The number of aliphatic hydroxyl groups is 1. The van der Waals surface area contributed by atoms with Gasteiger partial charge >= 0.3 is 0 Å². The predicted octanol–water partition coefficient (Wildman–Crippen LogP) is 2.02. The molecule has 0 aliphatic heterocycles. The molecule has 86 valence electrons. The molecule has 1 aromatic rings. The summed E-state index contributed by atoms with van der Waals surface area (Å²) < 4.78 is 6.66. The molecular weight excluding hydrogens is 216 g/mol. The average Bonchev–Trinajstić information content (AvgIpc) is 2.57. The second-order valence-corrected chi connectivity index (χ2v) is 3.81. The molecule has 0 saturated carbocycles. The van der Waals surface area contributed by atoms with E-state index in [1.54, 1.807) is 18.0 Å². The summed E-state index contributed by atoms with van der Waals surface area (Å²) in [6.45, 7) is 3.19. The number of halogens is 1. The highest BCUT2D eigenvalue weighted by Crippen LogP contribution is 2.25. The van der Waals surface area contributed by atoms with Crippen molar-refractivity contribution >= 4 is 11.6 Å². The van der Waals surface area contributed by atoms with Gasteiger partial charge in [-0.25, -0.2) is 0 Å². The van der Waals surface area contributed by atoms with Gasteiger partial charge in [-0.05, 0) is 6.42 Å². The summed E-state index contributed by atoms with van der Waals surface area (Å²) in [5.74, 6) is 0. The van der Waals surface area contributed by atoms with Gasteiger partial charge < -0.3 is 9.84 Å². The van der Waals surface area contributed by atoms with E-state index in [1.807, 2.05) is 6.92 Å². The number of hydrogen-bond donors (Lipinski definition) is 1. The van der Waals surface area contributed by atoms with E-state index >= 15 is 0 Å². The van der Waals surface area contributed by atoms with Gasteiger partial charge in [-0.15, -0.1) is 0 Å². The van der Waals surface area contributed by atoms with Crippen LogP contribution in [0.1, 0.15) is 31.6 Å². The Morgan fingerprint density at radius 2 is 2.40 bits per heavy atom. The third-order valence-corrected chi connectivity index (χ3v) is 2.51. The molecule has 0 fully saturated rings. The van der Waals surface area contributed by atoms with Gasteiger partial charge in [0, 0.05) is 7.11 Å². The Bertz CT molecular complexity index is 302. The lowest BCUT2D eigenvalue weighted by Gasteiger charge is -2.12. The number of nitrogens with zero attached hydrogens (tertiary/aromatic N) is 2. The fourth-order valence-corrected chi connectivity index (χ4v) is 1.74. The van der Waals surface area contributed by atoms with Crippen molar-refractivity contribution in [3.05, 3.63) is 16.9 Å². The molecule has 1 heterocycles. The van der Waals surface area contributed by atoms with Gasteiger partial charge in [0.15, 0.2) is 0 Å². The lowest BCUT2D eigenvalue weighted by molar-refractivity contribution is 0.145. The van der Waals surface area contributed by atoms with Gasteiger partial charge in [0.25, 0.3) is 0 Å². The van der Waals surface area contributed by atoms with Gasteiger partial charge in [-0.3, -0.25) is 4.68 Å². The molecule has 0 aliphatic rings. The number of methoxy groups -OCH3 is 1. The molecular formula is C10H17ClN2O2. The highest BCUT2D eigenvalue weighted by Gasteiger charge is 2.16. The van der Waals surface area contributed by atoms with Crippen molar-refractivity contribution in [2.24, 2.45) is 0 Å². The molecule has 1 atom stereocenters. The second kappa shape index (κ2) is 6.10. The first kappa shape index (κ1) is 12.5. The molecule has 0 radical (unpaired) electrons. The first-order valence-corrected chi connectivity index (χ1v) is 5.46. The summed E-state index contributed by atoms with van der Waals surface area (Å²) in [5.41, 5.74) is 0.690.